The van der Waals surface area contributed by atoms with Gasteiger partial charge in [0, 0.05) is 23.9 Å². The third-order valence-electron chi connectivity index (χ3n) is 4.96. The number of hydrogen-bond acceptors (Lipinski definition) is 7. The van der Waals surface area contributed by atoms with Crippen LogP contribution in [0.4, 0.5) is 5.00 Å². The summed E-state index contributed by atoms with van der Waals surface area (Å²) < 4.78 is 10.2. The number of rotatable bonds is 8. The van der Waals surface area contributed by atoms with Crippen molar-refractivity contribution in [1.82, 2.24) is 4.90 Å². The molecule has 32 heavy (non-hydrogen) atoms. The van der Waals surface area contributed by atoms with Gasteiger partial charge in [0.05, 0.1) is 6.61 Å². The quantitative estimate of drug-likeness (QED) is 0.608. The Balaban J connectivity index is 1.63. The molecule has 0 aliphatic carbocycles. The molecule has 2 aromatic rings. The van der Waals surface area contributed by atoms with Gasteiger partial charge in [0.25, 0.3) is 5.91 Å². The summed E-state index contributed by atoms with van der Waals surface area (Å²) in [7, 11) is 0. The molecule has 0 spiro atoms. The fourth-order valence-electron chi connectivity index (χ4n) is 3.40. The van der Waals surface area contributed by atoms with Crippen molar-refractivity contribution < 1.29 is 28.7 Å². The second-order valence-corrected chi connectivity index (χ2v) is 8.15. The number of carbonyl (C=O) groups is 4. The van der Waals surface area contributed by atoms with E-state index in [1.165, 1.54) is 16.2 Å². The predicted molar refractivity (Wildman–Crippen MR) is 120 cm³/mol. The molecule has 8 nitrogen and oxygen atoms in total. The average molecular weight is 459 g/mol. The molecule has 0 saturated carbocycles. The van der Waals surface area contributed by atoms with Crippen molar-refractivity contribution in [2.24, 2.45) is 0 Å². The standard InChI is InChI=1S/C23H26N2O6S/c1-2-30-23(29)21-17(16-9-5-3-6-10-16)15-32-22(21)24-18(26)14-31-20(28)13-25-12-8-4-7-11-19(25)27/h3,5-6,9-10,15H,2,4,7-8,11-14H2,1H3,(H,24,26). The Morgan fingerprint density at radius 2 is 1.88 bits per heavy atom. The van der Waals surface area contributed by atoms with Crippen LogP contribution in [0.25, 0.3) is 11.1 Å². The summed E-state index contributed by atoms with van der Waals surface area (Å²) in [6.45, 7) is 1.74. The highest BCUT2D eigenvalue weighted by molar-refractivity contribution is 7.15. The van der Waals surface area contributed by atoms with Crippen LogP contribution in [0.3, 0.4) is 0 Å². The number of thiophene rings is 1. The molecule has 1 aromatic carbocycles. The number of hydrogen-bond donors (Lipinski definition) is 1. The van der Waals surface area contributed by atoms with Crippen LogP contribution in [-0.4, -0.2) is 55.0 Å². The Morgan fingerprint density at radius 3 is 2.62 bits per heavy atom. The van der Waals surface area contributed by atoms with Crippen molar-refractivity contribution in [3.05, 3.63) is 41.3 Å². The van der Waals surface area contributed by atoms with Gasteiger partial charge in [0.15, 0.2) is 6.61 Å². The molecule has 0 radical (unpaired) electrons. The molecule has 0 bridgehead atoms. The lowest BCUT2D eigenvalue weighted by molar-refractivity contribution is -0.151. The van der Waals surface area contributed by atoms with E-state index in [-0.39, 0.29) is 24.6 Å². The van der Waals surface area contributed by atoms with Gasteiger partial charge in [-0.05, 0) is 25.3 Å². The van der Waals surface area contributed by atoms with E-state index in [0.29, 0.717) is 23.5 Å². The zero-order valence-electron chi connectivity index (χ0n) is 17.9. The highest BCUT2D eigenvalue weighted by atomic mass is 32.1. The lowest BCUT2D eigenvalue weighted by Crippen LogP contribution is -2.36. The first kappa shape index (κ1) is 23.5. The number of esters is 2. The van der Waals surface area contributed by atoms with E-state index in [2.05, 4.69) is 5.32 Å². The first-order valence-corrected chi connectivity index (χ1v) is 11.4. The van der Waals surface area contributed by atoms with E-state index in [1.807, 2.05) is 30.3 Å². The number of ether oxygens (including phenoxy) is 2. The maximum Gasteiger partial charge on any atom is 0.341 e. The molecule has 1 aliphatic rings. The molecule has 1 aliphatic heterocycles. The lowest BCUT2D eigenvalue weighted by Gasteiger charge is -2.19. The second kappa shape index (κ2) is 11.4. The maximum atomic E-state index is 12.6. The molecule has 9 heteroatoms. The van der Waals surface area contributed by atoms with Gasteiger partial charge in [-0.3, -0.25) is 14.4 Å². The van der Waals surface area contributed by atoms with Crippen LogP contribution in [-0.2, 0) is 23.9 Å². The van der Waals surface area contributed by atoms with Gasteiger partial charge in [-0.25, -0.2) is 4.79 Å². The summed E-state index contributed by atoms with van der Waals surface area (Å²) >= 11 is 1.19. The van der Waals surface area contributed by atoms with Crippen LogP contribution in [0.15, 0.2) is 35.7 Å². The lowest BCUT2D eigenvalue weighted by atomic mass is 10.0. The monoisotopic (exact) mass is 458 g/mol. The first-order chi connectivity index (χ1) is 15.5. The summed E-state index contributed by atoms with van der Waals surface area (Å²) in [5.41, 5.74) is 1.74. The summed E-state index contributed by atoms with van der Waals surface area (Å²) in [5, 5.41) is 4.74. The summed E-state index contributed by atoms with van der Waals surface area (Å²) in [6, 6.07) is 9.31. The largest absolute Gasteiger partial charge is 0.462 e. The molecule has 0 unspecified atom stereocenters. The molecule has 1 N–H and O–H groups in total. The third-order valence-corrected chi connectivity index (χ3v) is 5.86. The summed E-state index contributed by atoms with van der Waals surface area (Å²) in [6.07, 6.45) is 3.04. The minimum Gasteiger partial charge on any atom is -0.462 e. The number of benzene rings is 1. The normalized spacial score (nSPS) is 13.9. The maximum absolute atomic E-state index is 12.6. The number of nitrogens with zero attached hydrogens (tertiary/aromatic N) is 1. The third kappa shape index (κ3) is 6.16. The minimum absolute atomic E-state index is 0.0741. The van der Waals surface area contributed by atoms with Gasteiger partial charge in [0.1, 0.15) is 17.1 Å². The van der Waals surface area contributed by atoms with Crippen molar-refractivity contribution in [1.29, 1.82) is 0 Å². The van der Waals surface area contributed by atoms with Crippen LogP contribution < -0.4 is 5.32 Å². The van der Waals surface area contributed by atoms with Gasteiger partial charge in [-0.2, -0.15) is 0 Å². The summed E-state index contributed by atoms with van der Waals surface area (Å²) in [4.78, 5) is 50.5. The Kier molecular flexibility index (Phi) is 8.38. The fourth-order valence-corrected chi connectivity index (χ4v) is 4.38. The highest BCUT2D eigenvalue weighted by Crippen LogP contribution is 2.36. The van der Waals surface area contributed by atoms with Crippen molar-refractivity contribution in [3.63, 3.8) is 0 Å². The predicted octanol–water partition coefficient (Wildman–Crippen LogP) is 3.48. The highest BCUT2D eigenvalue weighted by Gasteiger charge is 2.24. The Morgan fingerprint density at radius 1 is 1.09 bits per heavy atom. The van der Waals surface area contributed by atoms with E-state index in [0.717, 1.165) is 24.8 Å². The average Bonchev–Trinajstić information content (AvgIpc) is 3.10. The van der Waals surface area contributed by atoms with Crippen molar-refractivity contribution in [3.8, 4) is 11.1 Å². The van der Waals surface area contributed by atoms with E-state index >= 15 is 0 Å². The van der Waals surface area contributed by atoms with Crippen LogP contribution in [0, 0.1) is 0 Å². The fraction of sp³-hybridized carbons (Fsp3) is 0.391. The Hall–Kier alpha value is -3.20. The van der Waals surface area contributed by atoms with Crippen molar-refractivity contribution in [2.45, 2.75) is 32.6 Å². The molecule has 1 fully saturated rings. The molecule has 2 heterocycles. The van der Waals surface area contributed by atoms with E-state index in [9.17, 15) is 19.2 Å². The molecule has 1 aromatic heterocycles. The number of nitrogens with one attached hydrogen (secondary N) is 1. The zero-order valence-corrected chi connectivity index (χ0v) is 18.7. The van der Waals surface area contributed by atoms with Gasteiger partial charge in [0.2, 0.25) is 5.91 Å². The minimum atomic E-state index is -0.642. The number of carbonyl (C=O) groups excluding carboxylic acids is 4. The van der Waals surface area contributed by atoms with Crippen molar-refractivity contribution >= 4 is 40.1 Å². The topological polar surface area (TPSA) is 102 Å². The number of amides is 2. The molecule has 170 valence electrons. The molecule has 1 saturated heterocycles. The van der Waals surface area contributed by atoms with Crippen LogP contribution in [0.1, 0.15) is 43.0 Å². The van der Waals surface area contributed by atoms with E-state index in [1.54, 1.807) is 12.3 Å². The van der Waals surface area contributed by atoms with Gasteiger partial charge >= 0.3 is 11.9 Å². The Bertz CT molecular complexity index is 972. The molecule has 3 rings (SSSR count). The zero-order chi connectivity index (χ0) is 22.9. The molecule has 2 amide bonds. The van der Waals surface area contributed by atoms with Gasteiger partial charge in [-0.1, -0.05) is 36.8 Å². The molecular formula is C23H26N2O6S. The van der Waals surface area contributed by atoms with E-state index in [4.69, 9.17) is 9.47 Å². The van der Waals surface area contributed by atoms with Crippen LogP contribution in [0.5, 0.6) is 0 Å². The van der Waals surface area contributed by atoms with Gasteiger partial charge < -0.3 is 19.7 Å². The van der Waals surface area contributed by atoms with Gasteiger partial charge in [-0.15, -0.1) is 11.3 Å². The van der Waals surface area contributed by atoms with Crippen LogP contribution in [0.2, 0.25) is 0 Å². The van der Waals surface area contributed by atoms with Crippen LogP contribution >= 0.6 is 11.3 Å². The Labute approximate surface area is 190 Å². The summed E-state index contributed by atoms with van der Waals surface area (Å²) in [5.74, 6) is -1.83. The molecule has 0 atom stereocenters. The van der Waals surface area contributed by atoms with Crippen molar-refractivity contribution in [2.75, 3.05) is 31.6 Å². The molecular weight excluding hydrogens is 432 g/mol. The number of likely N-dealkylation sites (tertiary alicyclic amines) is 1. The second-order valence-electron chi connectivity index (χ2n) is 7.27. The SMILES string of the molecule is CCOC(=O)c1c(-c2ccccc2)csc1NC(=O)COC(=O)CN1CCCCCC1=O. The first-order valence-electron chi connectivity index (χ1n) is 10.6. The number of anilines is 1. The van der Waals surface area contributed by atoms with E-state index < -0.39 is 24.5 Å². The smallest absolute Gasteiger partial charge is 0.341 e.